The summed E-state index contributed by atoms with van der Waals surface area (Å²) in [4.78, 5) is 12.2. The van der Waals surface area contributed by atoms with Crippen LogP contribution >= 0.6 is 11.8 Å². The Morgan fingerprint density at radius 3 is 2.95 bits per heavy atom. The first-order valence-corrected chi connectivity index (χ1v) is 8.59. The number of thioether (sulfide) groups is 1. The van der Waals surface area contributed by atoms with Crippen LogP contribution in [0.4, 0.5) is 5.69 Å². The number of carbonyl (C=O) groups is 1. The highest BCUT2D eigenvalue weighted by Gasteiger charge is 2.17. The summed E-state index contributed by atoms with van der Waals surface area (Å²) >= 11 is 1.93. The smallest absolute Gasteiger partial charge is 0.251 e. The molecule has 1 fully saturated rings. The predicted molar refractivity (Wildman–Crippen MR) is 87.8 cm³/mol. The third-order valence-corrected chi connectivity index (χ3v) is 4.76. The Hall–Kier alpha value is -1.16. The van der Waals surface area contributed by atoms with Gasteiger partial charge in [-0.3, -0.25) is 4.79 Å². The van der Waals surface area contributed by atoms with Crippen LogP contribution in [0.1, 0.15) is 42.1 Å². The number of aryl methyl sites for hydroxylation is 1. The van der Waals surface area contributed by atoms with E-state index in [-0.39, 0.29) is 5.91 Å². The molecule has 0 bridgehead atoms. The molecule has 2 rings (SSSR count). The molecule has 1 saturated heterocycles. The predicted octanol–water partition coefficient (Wildman–Crippen LogP) is 3.44. The minimum absolute atomic E-state index is 0.0580. The second-order valence-electron chi connectivity index (χ2n) is 5.34. The van der Waals surface area contributed by atoms with Crippen molar-refractivity contribution in [3.63, 3.8) is 0 Å². The Kier molecular flexibility index (Phi) is 5.77. The van der Waals surface area contributed by atoms with Crippen LogP contribution in [-0.2, 0) is 0 Å². The lowest BCUT2D eigenvalue weighted by atomic mass is 10.1. The SMILES string of the molecule is CCCNc1ccc(C(=O)NC2CCCSC2)cc1C. The van der Waals surface area contributed by atoms with Crippen molar-refractivity contribution in [3.8, 4) is 0 Å². The topological polar surface area (TPSA) is 41.1 Å². The zero-order valence-corrected chi connectivity index (χ0v) is 13.2. The van der Waals surface area contributed by atoms with Crippen molar-refractivity contribution in [2.24, 2.45) is 0 Å². The van der Waals surface area contributed by atoms with E-state index in [1.165, 1.54) is 12.2 Å². The number of hydrogen-bond acceptors (Lipinski definition) is 3. The first kappa shape index (κ1) is 15.2. The number of hydrogen-bond donors (Lipinski definition) is 2. The average molecular weight is 292 g/mol. The van der Waals surface area contributed by atoms with Crippen molar-refractivity contribution >= 4 is 23.4 Å². The van der Waals surface area contributed by atoms with E-state index in [9.17, 15) is 4.79 Å². The van der Waals surface area contributed by atoms with Crippen LogP contribution in [0.25, 0.3) is 0 Å². The van der Waals surface area contributed by atoms with Gasteiger partial charge < -0.3 is 10.6 Å². The summed E-state index contributed by atoms with van der Waals surface area (Å²) in [6.07, 6.45) is 3.41. The minimum Gasteiger partial charge on any atom is -0.385 e. The first-order valence-electron chi connectivity index (χ1n) is 7.44. The molecule has 1 heterocycles. The van der Waals surface area contributed by atoms with E-state index in [0.29, 0.717) is 6.04 Å². The van der Waals surface area contributed by atoms with Crippen LogP contribution < -0.4 is 10.6 Å². The molecule has 1 aromatic rings. The molecule has 1 unspecified atom stereocenters. The van der Waals surface area contributed by atoms with Crippen LogP contribution in [0.5, 0.6) is 0 Å². The molecule has 20 heavy (non-hydrogen) atoms. The second kappa shape index (κ2) is 7.58. The largest absolute Gasteiger partial charge is 0.385 e. The number of anilines is 1. The Morgan fingerprint density at radius 2 is 2.30 bits per heavy atom. The minimum atomic E-state index is 0.0580. The normalized spacial score (nSPS) is 18.6. The maximum atomic E-state index is 12.2. The average Bonchev–Trinajstić information content (AvgIpc) is 2.47. The first-order chi connectivity index (χ1) is 9.70. The molecule has 0 saturated carbocycles. The van der Waals surface area contributed by atoms with E-state index in [4.69, 9.17) is 0 Å². The molecule has 3 nitrogen and oxygen atoms in total. The summed E-state index contributed by atoms with van der Waals surface area (Å²) < 4.78 is 0. The molecule has 1 aliphatic heterocycles. The standard InChI is InChI=1S/C16H24N2OS/c1-3-8-17-15-7-6-13(10-12(15)2)16(19)18-14-5-4-9-20-11-14/h6-7,10,14,17H,3-5,8-9,11H2,1-2H3,(H,18,19). The summed E-state index contributed by atoms with van der Waals surface area (Å²) in [5.74, 6) is 2.33. The van der Waals surface area contributed by atoms with Gasteiger partial charge in [-0.1, -0.05) is 6.92 Å². The van der Waals surface area contributed by atoms with Crippen molar-refractivity contribution in [2.75, 3.05) is 23.4 Å². The molecular weight excluding hydrogens is 268 g/mol. The lowest BCUT2D eigenvalue weighted by Crippen LogP contribution is -2.38. The highest BCUT2D eigenvalue weighted by molar-refractivity contribution is 7.99. The van der Waals surface area contributed by atoms with Gasteiger partial charge in [0, 0.05) is 29.6 Å². The fourth-order valence-electron chi connectivity index (χ4n) is 2.39. The Morgan fingerprint density at radius 1 is 1.45 bits per heavy atom. The molecule has 1 amide bonds. The van der Waals surface area contributed by atoms with E-state index in [2.05, 4.69) is 17.6 Å². The van der Waals surface area contributed by atoms with Crippen LogP contribution in [0.3, 0.4) is 0 Å². The van der Waals surface area contributed by atoms with Crippen molar-refractivity contribution in [1.29, 1.82) is 0 Å². The fraction of sp³-hybridized carbons (Fsp3) is 0.562. The molecule has 2 N–H and O–H groups in total. The number of amides is 1. The van der Waals surface area contributed by atoms with Gasteiger partial charge in [0.2, 0.25) is 0 Å². The summed E-state index contributed by atoms with van der Waals surface area (Å²) in [5, 5.41) is 6.52. The lowest BCUT2D eigenvalue weighted by Gasteiger charge is -2.22. The van der Waals surface area contributed by atoms with E-state index < -0.39 is 0 Å². The van der Waals surface area contributed by atoms with E-state index in [0.717, 1.165) is 42.0 Å². The number of nitrogens with one attached hydrogen (secondary N) is 2. The second-order valence-corrected chi connectivity index (χ2v) is 6.49. The molecule has 110 valence electrons. The fourth-order valence-corrected chi connectivity index (χ4v) is 3.46. The van der Waals surface area contributed by atoms with Crippen molar-refractivity contribution in [2.45, 2.75) is 39.2 Å². The summed E-state index contributed by atoms with van der Waals surface area (Å²) in [5.41, 5.74) is 3.01. The lowest BCUT2D eigenvalue weighted by molar-refractivity contribution is 0.0938. The van der Waals surface area contributed by atoms with Gasteiger partial charge in [-0.15, -0.1) is 0 Å². The molecule has 0 radical (unpaired) electrons. The molecule has 0 aliphatic carbocycles. The Labute approximate surface area is 125 Å². The molecule has 1 aromatic carbocycles. The van der Waals surface area contributed by atoms with Gasteiger partial charge in [0.1, 0.15) is 0 Å². The van der Waals surface area contributed by atoms with Crippen molar-refractivity contribution < 1.29 is 4.79 Å². The van der Waals surface area contributed by atoms with Gasteiger partial charge in [-0.25, -0.2) is 0 Å². The Balaban J connectivity index is 1.97. The van der Waals surface area contributed by atoms with Crippen LogP contribution in [0, 0.1) is 6.92 Å². The molecule has 0 spiro atoms. The number of rotatable bonds is 5. The van der Waals surface area contributed by atoms with Gasteiger partial charge in [0.25, 0.3) is 5.91 Å². The zero-order chi connectivity index (χ0) is 14.4. The third-order valence-electron chi connectivity index (χ3n) is 3.55. The van der Waals surface area contributed by atoms with Crippen LogP contribution in [0.15, 0.2) is 18.2 Å². The van der Waals surface area contributed by atoms with Gasteiger partial charge in [0.05, 0.1) is 0 Å². The number of carbonyl (C=O) groups excluding carboxylic acids is 1. The molecular formula is C16H24N2OS. The zero-order valence-electron chi connectivity index (χ0n) is 12.4. The summed E-state index contributed by atoms with van der Waals surface area (Å²) in [7, 11) is 0. The molecule has 1 atom stereocenters. The van der Waals surface area contributed by atoms with Crippen LogP contribution in [0.2, 0.25) is 0 Å². The quantitative estimate of drug-likeness (QED) is 0.873. The van der Waals surface area contributed by atoms with Gasteiger partial charge >= 0.3 is 0 Å². The summed E-state index contributed by atoms with van der Waals surface area (Å²) in [6.45, 7) is 5.16. The molecule has 4 heteroatoms. The third kappa shape index (κ3) is 4.17. The molecule has 1 aliphatic rings. The van der Waals surface area contributed by atoms with E-state index in [1.807, 2.05) is 36.9 Å². The van der Waals surface area contributed by atoms with Crippen molar-refractivity contribution in [3.05, 3.63) is 29.3 Å². The van der Waals surface area contributed by atoms with Gasteiger partial charge in [-0.05, 0) is 55.7 Å². The van der Waals surface area contributed by atoms with E-state index in [1.54, 1.807) is 0 Å². The van der Waals surface area contributed by atoms with E-state index >= 15 is 0 Å². The summed E-state index contributed by atoms with van der Waals surface area (Å²) in [6, 6.07) is 6.23. The van der Waals surface area contributed by atoms with Gasteiger partial charge in [-0.2, -0.15) is 11.8 Å². The highest BCUT2D eigenvalue weighted by Crippen LogP contribution is 2.19. The molecule has 0 aromatic heterocycles. The maximum absolute atomic E-state index is 12.2. The Bertz CT molecular complexity index is 456. The van der Waals surface area contributed by atoms with Crippen LogP contribution in [-0.4, -0.2) is 30.0 Å². The highest BCUT2D eigenvalue weighted by atomic mass is 32.2. The number of benzene rings is 1. The van der Waals surface area contributed by atoms with Crippen molar-refractivity contribution in [1.82, 2.24) is 5.32 Å². The van der Waals surface area contributed by atoms with Gasteiger partial charge in [0.15, 0.2) is 0 Å². The maximum Gasteiger partial charge on any atom is 0.251 e. The monoisotopic (exact) mass is 292 g/mol.